The maximum Gasteiger partial charge on any atom is 0.408 e. The minimum Gasteiger partial charge on any atom is -0.487 e. The molecule has 2 atom stereocenters. The van der Waals surface area contributed by atoms with Crippen LogP contribution in [0.15, 0.2) is 101 Å². The van der Waals surface area contributed by atoms with Crippen LogP contribution in [0, 0.1) is 0 Å². The second kappa shape index (κ2) is 17.8. The Morgan fingerprint density at radius 3 is 2.26 bits per heavy atom. The number of nitrogens with two attached hydrogens (primary N) is 1. The zero-order chi connectivity index (χ0) is 38.8. The van der Waals surface area contributed by atoms with Crippen molar-refractivity contribution in [3.05, 3.63) is 113 Å². The molecule has 0 radical (unpaired) electrons. The molecule has 0 aliphatic carbocycles. The van der Waals surface area contributed by atoms with Crippen LogP contribution in [0.2, 0.25) is 0 Å². The molecule has 13 nitrogen and oxygen atoms in total. The van der Waals surface area contributed by atoms with Gasteiger partial charge in [0.25, 0.3) is 0 Å². The number of carbonyl (C=O) groups excluding carboxylic acids is 1. The highest BCUT2D eigenvalue weighted by atomic mass is 32.2. The molecule has 0 bridgehead atoms. The highest BCUT2D eigenvalue weighted by Crippen LogP contribution is 2.35. The van der Waals surface area contributed by atoms with Crippen LogP contribution in [-0.4, -0.2) is 58.5 Å². The number of aliphatic carboxylic acids is 1. The number of nitrogens with one attached hydrogen (secondary N) is 2. The number of rotatable bonds is 18. The number of hydrogen-bond acceptors (Lipinski definition) is 10. The van der Waals surface area contributed by atoms with Crippen LogP contribution in [0.3, 0.4) is 0 Å². The molecule has 0 aliphatic heterocycles. The SMILES string of the molecule is CCCCOC(=O)NC(N)c1ccc(OCc2ccccc2)c(S(=O)(=O)NCCc2ccc(-c3ccccc3S(C)(=O)=O)cc2C(O)(CC)C(=O)O)c1. The molecule has 0 saturated heterocycles. The molecule has 4 rings (SSSR count). The highest BCUT2D eigenvalue weighted by Gasteiger charge is 2.38. The summed E-state index contributed by atoms with van der Waals surface area (Å²) in [6.45, 7) is 3.46. The van der Waals surface area contributed by atoms with Crippen molar-refractivity contribution < 1.29 is 46.1 Å². The van der Waals surface area contributed by atoms with E-state index in [1.54, 1.807) is 30.3 Å². The van der Waals surface area contributed by atoms with E-state index >= 15 is 0 Å². The van der Waals surface area contributed by atoms with Gasteiger partial charge in [-0.15, -0.1) is 0 Å². The average molecular weight is 768 g/mol. The lowest BCUT2D eigenvalue weighted by atomic mass is 9.84. The van der Waals surface area contributed by atoms with Gasteiger partial charge in [0.05, 0.1) is 11.5 Å². The lowest BCUT2D eigenvalue weighted by Gasteiger charge is -2.26. The van der Waals surface area contributed by atoms with Gasteiger partial charge in [0.1, 0.15) is 23.4 Å². The molecule has 2 unspecified atom stereocenters. The van der Waals surface area contributed by atoms with Crippen molar-refractivity contribution in [1.29, 1.82) is 0 Å². The quantitative estimate of drug-likeness (QED) is 0.0670. The number of unbranched alkanes of at least 4 members (excludes halogenated alkanes) is 1. The van der Waals surface area contributed by atoms with Crippen molar-refractivity contribution in [2.24, 2.45) is 5.73 Å². The molecule has 4 aromatic rings. The van der Waals surface area contributed by atoms with Crippen LogP contribution in [0.1, 0.15) is 61.5 Å². The Balaban J connectivity index is 1.65. The van der Waals surface area contributed by atoms with E-state index in [0.717, 1.165) is 18.2 Å². The largest absolute Gasteiger partial charge is 0.487 e. The Bertz CT molecular complexity index is 2130. The van der Waals surface area contributed by atoms with Crippen molar-refractivity contribution in [3.63, 3.8) is 0 Å². The van der Waals surface area contributed by atoms with Crippen molar-refractivity contribution >= 4 is 31.9 Å². The number of benzene rings is 4. The number of sulfonamides is 1. The van der Waals surface area contributed by atoms with E-state index in [9.17, 15) is 36.6 Å². The summed E-state index contributed by atoms with van der Waals surface area (Å²) < 4.78 is 66.5. The predicted octanol–water partition coefficient (Wildman–Crippen LogP) is 5.02. The summed E-state index contributed by atoms with van der Waals surface area (Å²) in [6, 6.07) is 24.2. The molecule has 6 N–H and O–H groups in total. The summed E-state index contributed by atoms with van der Waals surface area (Å²) >= 11 is 0. The van der Waals surface area contributed by atoms with Crippen LogP contribution in [0.5, 0.6) is 5.75 Å². The third-order valence-electron chi connectivity index (χ3n) is 8.56. The Morgan fingerprint density at radius 1 is 0.906 bits per heavy atom. The number of alkyl carbamates (subject to hydrolysis) is 1. The fourth-order valence-electron chi connectivity index (χ4n) is 5.57. The third-order valence-corrected chi connectivity index (χ3v) is 11.2. The minimum atomic E-state index is -4.33. The lowest BCUT2D eigenvalue weighted by molar-refractivity contribution is -0.160. The smallest absolute Gasteiger partial charge is 0.408 e. The number of carboxylic acid groups (broad SMARTS) is 1. The topological polar surface area (TPSA) is 211 Å². The molecule has 0 aromatic heterocycles. The zero-order valence-corrected chi connectivity index (χ0v) is 31.4. The van der Waals surface area contributed by atoms with Crippen LogP contribution >= 0.6 is 0 Å². The number of carbonyl (C=O) groups is 2. The molecule has 0 heterocycles. The number of amides is 1. The van der Waals surface area contributed by atoms with E-state index in [1.807, 2.05) is 37.3 Å². The molecule has 0 spiro atoms. The van der Waals surface area contributed by atoms with Crippen LogP contribution < -0.4 is 20.5 Å². The number of sulfone groups is 1. The summed E-state index contributed by atoms with van der Waals surface area (Å²) in [6.07, 6.45) is 0.402. The summed E-state index contributed by atoms with van der Waals surface area (Å²) in [7, 11) is -7.99. The first kappa shape index (κ1) is 41.0. The second-order valence-corrected chi connectivity index (χ2v) is 16.1. The van der Waals surface area contributed by atoms with E-state index in [-0.39, 0.29) is 59.3 Å². The zero-order valence-electron chi connectivity index (χ0n) is 29.7. The Kier molecular flexibility index (Phi) is 13.8. The molecule has 0 saturated carbocycles. The first-order valence-electron chi connectivity index (χ1n) is 17.0. The third kappa shape index (κ3) is 10.4. The fourth-order valence-corrected chi connectivity index (χ4v) is 7.69. The predicted molar refractivity (Wildman–Crippen MR) is 199 cm³/mol. The van der Waals surface area contributed by atoms with Gasteiger partial charge in [-0.1, -0.05) is 87.0 Å². The van der Waals surface area contributed by atoms with Crippen molar-refractivity contribution in [2.45, 2.75) is 67.7 Å². The van der Waals surface area contributed by atoms with Gasteiger partial charge in [0.2, 0.25) is 10.0 Å². The van der Waals surface area contributed by atoms with Gasteiger partial charge in [-0.05, 0) is 71.3 Å². The molecular formula is C38H45N3O10S2. The molecule has 15 heteroatoms. The van der Waals surface area contributed by atoms with Crippen LogP contribution in [0.4, 0.5) is 4.79 Å². The standard InChI is InChI=1S/C38H45N3O10S2/c1-4-6-22-50-37(44)41-35(39)29-18-19-32(51-25-26-12-8-7-9-13-26)34(24-29)53(48,49)40-21-20-27-16-17-28(23-31(27)38(45,5-2)36(42)43)30-14-10-11-15-33(30)52(3,46)47/h7-19,23-24,35,40,45H,4-6,20-22,25,39H2,1-3H3,(H,41,44)(H,42,43). The number of carboxylic acids is 1. The summed E-state index contributed by atoms with van der Waals surface area (Å²) in [5.74, 6) is -1.50. The van der Waals surface area contributed by atoms with Gasteiger partial charge in [-0.3, -0.25) is 0 Å². The Morgan fingerprint density at radius 2 is 1.60 bits per heavy atom. The highest BCUT2D eigenvalue weighted by molar-refractivity contribution is 7.91. The van der Waals surface area contributed by atoms with E-state index < -0.39 is 43.7 Å². The molecular weight excluding hydrogens is 723 g/mol. The second-order valence-electron chi connectivity index (χ2n) is 12.4. The fraction of sp³-hybridized carbons (Fsp3) is 0.316. The van der Waals surface area contributed by atoms with Gasteiger partial charge < -0.3 is 30.7 Å². The Labute approximate surface area is 310 Å². The van der Waals surface area contributed by atoms with Gasteiger partial charge in [0.15, 0.2) is 15.4 Å². The summed E-state index contributed by atoms with van der Waals surface area (Å²) in [5, 5.41) is 23.9. The van der Waals surface area contributed by atoms with E-state index in [4.69, 9.17) is 15.2 Å². The molecule has 53 heavy (non-hydrogen) atoms. The first-order valence-corrected chi connectivity index (χ1v) is 20.4. The number of ether oxygens (including phenoxy) is 2. The average Bonchev–Trinajstić information content (AvgIpc) is 3.13. The van der Waals surface area contributed by atoms with E-state index in [1.165, 1.54) is 37.3 Å². The van der Waals surface area contributed by atoms with Crippen molar-refractivity contribution in [3.8, 4) is 16.9 Å². The first-order chi connectivity index (χ1) is 25.1. The van der Waals surface area contributed by atoms with Crippen LogP contribution in [0.25, 0.3) is 11.1 Å². The molecule has 284 valence electrons. The van der Waals surface area contributed by atoms with Gasteiger partial charge in [0, 0.05) is 18.4 Å². The van der Waals surface area contributed by atoms with Gasteiger partial charge in [-0.25, -0.2) is 31.1 Å². The number of aliphatic hydroxyl groups is 1. The lowest BCUT2D eigenvalue weighted by Crippen LogP contribution is -2.36. The summed E-state index contributed by atoms with van der Waals surface area (Å²) in [5.41, 5.74) is 5.88. The maximum absolute atomic E-state index is 13.9. The molecule has 1 amide bonds. The molecule has 0 aliphatic rings. The van der Waals surface area contributed by atoms with E-state index in [0.29, 0.717) is 23.1 Å². The number of hydrogen-bond donors (Lipinski definition) is 5. The monoisotopic (exact) mass is 767 g/mol. The van der Waals surface area contributed by atoms with Crippen molar-refractivity contribution in [2.75, 3.05) is 19.4 Å². The van der Waals surface area contributed by atoms with Crippen molar-refractivity contribution in [1.82, 2.24) is 10.0 Å². The van der Waals surface area contributed by atoms with Gasteiger partial charge in [-0.2, -0.15) is 0 Å². The maximum atomic E-state index is 13.9. The summed E-state index contributed by atoms with van der Waals surface area (Å²) in [4.78, 5) is 24.4. The van der Waals surface area contributed by atoms with E-state index in [2.05, 4.69) is 10.0 Å². The normalized spacial score (nSPS) is 13.5. The van der Waals surface area contributed by atoms with Gasteiger partial charge >= 0.3 is 12.1 Å². The molecule has 4 aromatic carbocycles. The Hall–Kier alpha value is -4.80. The molecule has 0 fully saturated rings. The minimum absolute atomic E-state index is 0.00995. The van der Waals surface area contributed by atoms with Crippen LogP contribution in [-0.2, 0) is 48.0 Å².